The topological polar surface area (TPSA) is 110 Å². The summed E-state index contributed by atoms with van der Waals surface area (Å²) in [6.45, 7) is 5.09. The molecule has 7 heteroatoms. The van der Waals surface area contributed by atoms with E-state index in [0.717, 1.165) is 0 Å². The summed E-state index contributed by atoms with van der Waals surface area (Å²) in [4.78, 5) is 33.0. The highest BCUT2D eigenvalue weighted by molar-refractivity contribution is 5.96. The van der Waals surface area contributed by atoms with E-state index in [2.05, 4.69) is 5.32 Å². The largest absolute Gasteiger partial charge is 0.480 e. The van der Waals surface area contributed by atoms with Gasteiger partial charge < -0.3 is 10.4 Å². The molecule has 0 unspecified atom stereocenters. The van der Waals surface area contributed by atoms with Crippen LogP contribution in [-0.2, 0) is 4.79 Å². The number of nitrogens with zero attached hydrogens (tertiary/aromatic N) is 1. The van der Waals surface area contributed by atoms with Crippen molar-refractivity contribution in [2.24, 2.45) is 5.41 Å². The highest BCUT2D eigenvalue weighted by Gasteiger charge is 2.32. The Kier molecular flexibility index (Phi) is 4.44. The molecule has 1 atom stereocenters. The van der Waals surface area contributed by atoms with Crippen LogP contribution in [0.5, 0.6) is 0 Å². The van der Waals surface area contributed by atoms with Crippen molar-refractivity contribution in [3.8, 4) is 0 Å². The lowest BCUT2D eigenvalue weighted by Gasteiger charge is -2.27. The van der Waals surface area contributed by atoms with Crippen LogP contribution in [0.25, 0.3) is 0 Å². The van der Waals surface area contributed by atoms with Gasteiger partial charge in [0.25, 0.3) is 11.6 Å². The van der Waals surface area contributed by atoms with Crippen LogP contribution >= 0.6 is 0 Å². The van der Waals surface area contributed by atoms with Gasteiger partial charge in [-0.3, -0.25) is 14.9 Å². The molecule has 1 rings (SSSR count). The minimum absolute atomic E-state index is 0.132. The normalized spacial score (nSPS) is 12.6. The Labute approximate surface area is 115 Å². The Morgan fingerprint density at radius 2 is 1.75 bits per heavy atom. The molecule has 0 aromatic heterocycles. The fraction of sp³-hybridized carbons (Fsp3) is 0.385. The molecule has 1 aromatic carbocycles. The van der Waals surface area contributed by atoms with Crippen molar-refractivity contribution in [3.63, 3.8) is 0 Å². The Morgan fingerprint density at radius 3 is 2.10 bits per heavy atom. The molecule has 0 bridgehead atoms. The van der Waals surface area contributed by atoms with E-state index in [0.29, 0.717) is 0 Å². The van der Waals surface area contributed by atoms with E-state index in [1.165, 1.54) is 24.3 Å². The average Bonchev–Trinajstić information content (AvgIpc) is 2.33. The molecule has 0 aliphatic rings. The molecule has 108 valence electrons. The van der Waals surface area contributed by atoms with Crippen molar-refractivity contribution in [2.75, 3.05) is 0 Å². The summed E-state index contributed by atoms with van der Waals surface area (Å²) in [5, 5.41) is 22.0. The zero-order chi connectivity index (χ0) is 15.5. The van der Waals surface area contributed by atoms with Gasteiger partial charge in [-0.15, -0.1) is 0 Å². The Morgan fingerprint density at radius 1 is 1.25 bits per heavy atom. The maximum atomic E-state index is 11.9. The van der Waals surface area contributed by atoms with E-state index < -0.39 is 28.3 Å². The Hall–Kier alpha value is -2.44. The van der Waals surface area contributed by atoms with Gasteiger partial charge in [0.2, 0.25) is 0 Å². The number of nitrogens with one attached hydrogen (secondary N) is 1. The predicted molar refractivity (Wildman–Crippen MR) is 71.4 cm³/mol. The SMILES string of the molecule is CC(C)(C)[C@@H](NC(=O)c1ccc([N+](=O)[O-])cc1)C(=O)O. The van der Waals surface area contributed by atoms with Crippen LogP contribution < -0.4 is 5.32 Å². The molecule has 7 nitrogen and oxygen atoms in total. The first-order valence-corrected chi connectivity index (χ1v) is 5.91. The summed E-state index contributed by atoms with van der Waals surface area (Å²) >= 11 is 0. The third-order valence-electron chi connectivity index (χ3n) is 2.73. The summed E-state index contributed by atoms with van der Waals surface area (Å²) in [5.74, 6) is -1.71. The number of non-ortho nitro benzene ring substituents is 1. The van der Waals surface area contributed by atoms with Gasteiger partial charge in [-0.1, -0.05) is 20.8 Å². The zero-order valence-corrected chi connectivity index (χ0v) is 11.4. The standard InChI is InChI=1S/C13H16N2O5/c1-13(2,3)10(12(17)18)14-11(16)8-4-6-9(7-5-8)15(19)20/h4-7,10H,1-3H3,(H,14,16)(H,17,18)/t10-/m0/s1. The number of nitro groups is 1. The van der Waals surface area contributed by atoms with Gasteiger partial charge >= 0.3 is 5.97 Å². The summed E-state index contributed by atoms with van der Waals surface area (Å²) in [7, 11) is 0. The van der Waals surface area contributed by atoms with Crippen molar-refractivity contribution < 1.29 is 19.6 Å². The lowest BCUT2D eigenvalue weighted by atomic mass is 9.86. The molecule has 0 saturated carbocycles. The molecule has 0 aliphatic heterocycles. The van der Waals surface area contributed by atoms with Crippen molar-refractivity contribution in [3.05, 3.63) is 39.9 Å². The number of carbonyl (C=O) groups is 2. The number of aliphatic carboxylic acids is 1. The molecule has 0 aliphatic carbocycles. The Bertz CT molecular complexity index is 531. The third kappa shape index (κ3) is 3.78. The number of carboxylic acids is 1. The first-order chi connectivity index (χ1) is 9.12. The van der Waals surface area contributed by atoms with Gasteiger partial charge in [-0.05, 0) is 17.5 Å². The van der Waals surface area contributed by atoms with Crippen molar-refractivity contribution in [2.45, 2.75) is 26.8 Å². The van der Waals surface area contributed by atoms with Crippen LogP contribution in [0.1, 0.15) is 31.1 Å². The summed E-state index contributed by atoms with van der Waals surface area (Å²) in [6.07, 6.45) is 0. The molecule has 0 fully saturated rings. The quantitative estimate of drug-likeness (QED) is 0.645. The molecule has 2 N–H and O–H groups in total. The lowest BCUT2D eigenvalue weighted by molar-refractivity contribution is -0.384. The molecular formula is C13H16N2O5. The average molecular weight is 280 g/mol. The predicted octanol–water partition coefficient (Wildman–Crippen LogP) is 1.82. The van der Waals surface area contributed by atoms with Crippen LogP contribution in [0, 0.1) is 15.5 Å². The fourth-order valence-corrected chi connectivity index (χ4v) is 1.60. The van der Waals surface area contributed by atoms with Gasteiger partial charge in [0.15, 0.2) is 0 Å². The van der Waals surface area contributed by atoms with E-state index in [1.807, 2.05) is 0 Å². The molecule has 1 amide bonds. The smallest absolute Gasteiger partial charge is 0.326 e. The number of carbonyl (C=O) groups excluding carboxylic acids is 1. The molecule has 0 radical (unpaired) electrons. The van der Waals surface area contributed by atoms with Crippen LogP contribution in [0.4, 0.5) is 5.69 Å². The maximum absolute atomic E-state index is 11.9. The summed E-state index contributed by atoms with van der Waals surface area (Å²) in [5.41, 5.74) is -0.610. The van der Waals surface area contributed by atoms with Gasteiger partial charge in [-0.25, -0.2) is 4.79 Å². The fourth-order valence-electron chi connectivity index (χ4n) is 1.60. The second-order valence-corrected chi connectivity index (χ2v) is 5.41. The number of rotatable bonds is 4. The summed E-state index contributed by atoms with van der Waals surface area (Å²) < 4.78 is 0. The van der Waals surface area contributed by atoms with Crippen molar-refractivity contribution >= 4 is 17.6 Å². The van der Waals surface area contributed by atoms with E-state index in [-0.39, 0.29) is 11.3 Å². The molecule has 0 spiro atoms. The van der Waals surface area contributed by atoms with E-state index in [9.17, 15) is 19.7 Å². The van der Waals surface area contributed by atoms with Gasteiger partial charge in [-0.2, -0.15) is 0 Å². The zero-order valence-electron chi connectivity index (χ0n) is 11.4. The first kappa shape index (κ1) is 15.6. The summed E-state index contributed by atoms with van der Waals surface area (Å²) in [6, 6.07) is 3.92. The minimum atomic E-state index is -1.13. The second kappa shape index (κ2) is 5.68. The second-order valence-electron chi connectivity index (χ2n) is 5.41. The van der Waals surface area contributed by atoms with E-state index >= 15 is 0 Å². The number of benzene rings is 1. The minimum Gasteiger partial charge on any atom is -0.480 e. The molecule has 0 heterocycles. The van der Waals surface area contributed by atoms with Crippen molar-refractivity contribution in [1.29, 1.82) is 0 Å². The molecule has 20 heavy (non-hydrogen) atoms. The monoisotopic (exact) mass is 280 g/mol. The van der Waals surface area contributed by atoms with E-state index in [1.54, 1.807) is 20.8 Å². The molecular weight excluding hydrogens is 264 g/mol. The van der Waals surface area contributed by atoms with Gasteiger partial charge in [0.05, 0.1) is 4.92 Å². The maximum Gasteiger partial charge on any atom is 0.326 e. The first-order valence-electron chi connectivity index (χ1n) is 5.91. The van der Waals surface area contributed by atoms with Crippen LogP contribution in [0.3, 0.4) is 0 Å². The third-order valence-corrected chi connectivity index (χ3v) is 2.73. The highest BCUT2D eigenvalue weighted by Crippen LogP contribution is 2.20. The number of nitro benzene ring substituents is 1. The van der Waals surface area contributed by atoms with Crippen molar-refractivity contribution in [1.82, 2.24) is 5.32 Å². The lowest BCUT2D eigenvalue weighted by Crippen LogP contribution is -2.49. The van der Waals surface area contributed by atoms with Gasteiger partial charge in [0.1, 0.15) is 6.04 Å². The highest BCUT2D eigenvalue weighted by atomic mass is 16.6. The molecule has 0 saturated heterocycles. The van der Waals surface area contributed by atoms with Crippen LogP contribution in [0.2, 0.25) is 0 Å². The van der Waals surface area contributed by atoms with E-state index in [4.69, 9.17) is 5.11 Å². The number of hydrogen-bond donors (Lipinski definition) is 2. The number of hydrogen-bond acceptors (Lipinski definition) is 4. The number of amides is 1. The van der Waals surface area contributed by atoms with Crippen LogP contribution in [0.15, 0.2) is 24.3 Å². The molecule has 1 aromatic rings. The van der Waals surface area contributed by atoms with Gasteiger partial charge in [0, 0.05) is 17.7 Å². The Balaban J connectivity index is 2.90. The number of carboxylic acid groups (broad SMARTS) is 1. The van der Waals surface area contributed by atoms with Crippen LogP contribution in [-0.4, -0.2) is 27.9 Å².